The number of methoxy groups -OCH3 is 3. The van der Waals surface area contributed by atoms with E-state index in [1.165, 1.54) is 0 Å². The second-order valence-corrected chi connectivity index (χ2v) is 4.76. The third kappa shape index (κ3) is 3.66. The van der Waals surface area contributed by atoms with E-state index in [0.717, 1.165) is 17.2 Å². The van der Waals surface area contributed by atoms with Crippen LogP contribution < -0.4 is 19.5 Å². The lowest BCUT2D eigenvalue weighted by molar-refractivity contribution is 0.324. The maximum absolute atomic E-state index is 5.37. The first-order chi connectivity index (χ1) is 11.1. The van der Waals surface area contributed by atoms with E-state index >= 15 is 0 Å². The Balaban J connectivity index is 2.37. The van der Waals surface area contributed by atoms with Gasteiger partial charge >= 0.3 is 0 Å². The first-order valence-electron chi connectivity index (χ1n) is 7.03. The number of nitrogens with zero attached hydrogens (tertiary/aromatic N) is 2. The van der Waals surface area contributed by atoms with Crippen molar-refractivity contribution in [1.29, 1.82) is 0 Å². The van der Waals surface area contributed by atoms with Crippen LogP contribution in [0.5, 0.6) is 17.2 Å². The molecule has 0 aliphatic carbocycles. The molecule has 1 aromatic heterocycles. The normalized spacial score (nSPS) is 11.0. The molecular formula is C17H21N3O3. The summed E-state index contributed by atoms with van der Waals surface area (Å²) in [5, 5.41) is 3.18. The van der Waals surface area contributed by atoms with Gasteiger partial charge in [0.15, 0.2) is 11.5 Å². The topological polar surface area (TPSA) is 57.5 Å². The number of hydrogen-bond acceptors (Lipinski definition) is 5. The van der Waals surface area contributed by atoms with Crippen LogP contribution in [-0.2, 0) is 0 Å². The van der Waals surface area contributed by atoms with E-state index in [4.69, 9.17) is 14.2 Å². The first kappa shape index (κ1) is 16.5. The number of rotatable bonds is 7. The quantitative estimate of drug-likeness (QED) is 0.794. The van der Waals surface area contributed by atoms with Gasteiger partial charge in [0.05, 0.1) is 33.2 Å². The predicted octanol–water partition coefficient (Wildman–Crippen LogP) is 3.40. The lowest BCUT2D eigenvalue weighted by atomic mass is 10.2. The van der Waals surface area contributed by atoms with Crippen molar-refractivity contribution in [2.24, 2.45) is 0 Å². The molecule has 0 aliphatic rings. The van der Waals surface area contributed by atoms with Crippen molar-refractivity contribution < 1.29 is 14.2 Å². The monoisotopic (exact) mass is 315 g/mol. The molecule has 0 fully saturated rings. The highest BCUT2D eigenvalue weighted by atomic mass is 16.5. The number of nitrogens with one attached hydrogen (secondary N) is 1. The van der Waals surface area contributed by atoms with Gasteiger partial charge in [-0.3, -0.25) is 0 Å². The van der Waals surface area contributed by atoms with E-state index in [9.17, 15) is 0 Å². The number of imidazole rings is 1. The number of anilines is 1. The molecule has 0 radical (unpaired) electrons. The summed E-state index contributed by atoms with van der Waals surface area (Å²) < 4.78 is 17.9. The summed E-state index contributed by atoms with van der Waals surface area (Å²) in [7, 11) is 4.75. The highest BCUT2D eigenvalue weighted by Crippen LogP contribution is 2.39. The van der Waals surface area contributed by atoms with Crippen LogP contribution in [0.3, 0.4) is 0 Å². The van der Waals surface area contributed by atoms with E-state index in [-0.39, 0.29) is 0 Å². The van der Waals surface area contributed by atoms with Crippen LogP contribution in [-0.4, -0.2) is 30.9 Å². The van der Waals surface area contributed by atoms with E-state index in [1.54, 1.807) is 33.7 Å². The molecule has 122 valence electrons. The van der Waals surface area contributed by atoms with Crippen molar-refractivity contribution in [1.82, 2.24) is 9.55 Å². The van der Waals surface area contributed by atoms with Crippen molar-refractivity contribution in [3.8, 4) is 22.9 Å². The summed E-state index contributed by atoms with van der Waals surface area (Å²) in [5.74, 6) is 2.47. The molecule has 23 heavy (non-hydrogen) atoms. The smallest absolute Gasteiger partial charge is 0.203 e. The van der Waals surface area contributed by atoms with Crippen LogP contribution in [0.2, 0.25) is 0 Å². The van der Waals surface area contributed by atoms with Crippen LogP contribution in [0.25, 0.3) is 5.69 Å². The molecule has 0 amide bonds. The molecule has 0 bridgehead atoms. The maximum atomic E-state index is 5.37. The minimum Gasteiger partial charge on any atom is -0.493 e. The van der Waals surface area contributed by atoms with Gasteiger partial charge in [-0.05, 0) is 13.0 Å². The first-order valence-corrected chi connectivity index (χ1v) is 7.03. The third-order valence-corrected chi connectivity index (χ3v) is 3.22. The molecule has 6 nitrogen and oxygen atoms in total. The zero-order valence-corrected chi connectivity index (χ0v) is 13.8. The van der Waals surface area contributed by atoms with Gasteiger partial charge < -0.3 is 24.1 Å². The molecule has 2 rings (SSSR count). The highest BCUT2D eigenvalue weighted by Gasteiger charge is 2.14. The molecule has 6 heteroatoms. The van der Waals surface area contributed by atoms with Crippen LogP contribution in [0.4, 0.5) is 5.82 Å². The van der Waals surface area contributed by atoms with Crippen LogP contribution in [0.15, 0.2) is 49.1 Å². The molecule has 0 saturated carbocycles. The second-order valence-electron chi connectivity index (χ2n) is 4.76. The zero-order valence-electron chi connectivity index (χ0n) is 13.8. The molecule has 1 N–H and O–H groups in total. The number of aromatic nitrogens is 2. The molecular weight excluding hydrogens is 294 g/mol. The van der Waals surface area contributed by atoms with Crippen LogP contribution >= 0.6 is 0 Å². The molecule has 0 spiro atoms. The second kappa shape index (κ2) is 7.40. The number of hydrogen-bond donors (Lipinski definition) is 1. The summed E-state index contributed by atoms with van der Waals surface area (Å²) >= 11 is 0. The van der Waals surface area contributed by atoms with Gasteiger partial charge in [-0.1, -0.05) is 12.7 Å². The minimum absolute atomic E-state index is 0.557. The third-order valence-electron chi connectivity index (χ3n) is 3.22. The van der Waals surface area contributed by atoms with Gasteiger partial charge in [-0.2, -0.15) is 0 Å². The van der Waals surface area contributed by atoms with Crippen molar-refractivity contribution in [3.05, 3.63) is 49.1 Å². The molecule has 2 aromatic rings. The molecule has 0 saturated heterocycles. The summed E-state index contributed by atoms with van der Waals surface area (Å²) in [6.45, 7) is 5.61. The zero-order chi connectivity index (χ0) is 16.8. The Bertz CT molecular complexity index is 695. The van der Waals surface area contributed by atoms with Gasteiger partial charge in [0.2, 0.25) is 5.75 Å². The van der Waals surface area contributed by atoms with Crippen molar-refractivity contribution in [2.45, 2.75) is 6.92 Å². The average molecular weight is 315 g/mol. The average Bonchev–Trinajstić information content (AvgIpc) is 3.01. The van der Waals surface area contributed by atoms with Gasteiger partial charge in [0, 0.05) is 17.8 Å². The minimum atomic E-state index is 0.557. The van der Waals surface area contributed by atoms with Gasteiger partial charge in [-0.15, -0.1) is 0 Å². The number of ether oxygens (including phenoxy) is 3. The van der Waals surface area contributed by atoms with E-state index in [0.29, 0.717) is 17.2 Å². The Kier molecular flexibility index (Phi) is 5.30. The standard InChI is InChI=1S/C17H21N3O3/c1-6-7-12(2)19-16-10-20(11-18-16)13-8-14(21-3)17(23-5)15(9-13)22-4/h6-11,19H,1H2,2-5H3/b12-7-. The summed E-state index contributed by atoms with van der Waals surface area (Å²) in [5.41, 5.74) is 1.81. The fourth-order valence-corrected chi connectivity index (χ4v) is 2.17. The van der Waals surface area contributed by atoms with Gasteiger partial charge in [0.1, 0.15) is 12.1 Å². The van der Waals surface area contributed by atoms with Gasteiger partial charge in [0.25, 0.3) is 0 Å². The van der Waals surface area contributed by atoms with E-state index in [2.05, 4.69) is 16.9 Å². The lowest BCUT2D eigenvalue weighted by Gasteiger charge is -2.14. The van der Waals surface area contributed by atoms with Crippen molar-refractivity contribution >= 4 is 5.82 Å². The Labute approximate surface area is 136 Å². The Morgan fingerprint density at radius 2 is 1.83 bits per heavy atom. The van der Waals surface area contributed by atoms with E-state index < -0.39 is 0 Å². The lowest BCUT2D eigenvalue weighted by Crippen LogP contribution is -1.98. The molecule has 0 unspecified atom stereocenters. The summed E-state index contributed by atoms with van der Waals surface area (Å²) in [6.07, 6.45) is 7.18. The summed E-state index contributed by atoms with van der Waals surface area (Å²) in [4.78, 5) is 4.33. The molecule has 0 atom stereocenters. The SMILES string of the molecule is C=C/C=C(/C)Nc1cn(-c2cc(OC)c(OC)c(OC)c2)cn1. The largest absolute Gasteiger partial charge is 0.493 e. The highest BCUT2D eigenvalue weighted by molar-refractivity contribution is 5.58. The van der Waals surface area contributed by atoms with Crippen LogP contribution in [0, 0.1) is 0 Å². The Hall–Kier alpha value is -2.89. The fraction of sp³-hybridized carbons (Fsp3) is 0.235. The van der Waals surface area contributed by atoms with E-state index in [1.807, 2.05) is 35.9 Å². The molecule has 1 aromatic carbocycles. The van der Waals surface area contributed by atoms with Crippen molar-refractivity contribution in [2.75, 3.05) is 26.6 Å². The van der Waals surface area contributed by atoms with Crippen LogP contribution in [0.1, 0.15) is 6.92 Å². The predicted molar refractivity (Wildman–Crippen MR) is 90.8 cm³/mol. The number of benzene rings is 1. The Morgan fingerprint density at radius 1 is 1.17 bits per heavy atom. The van der Waals surface area contributed by atoms with Gasteiger partial charge in [-0.25, -0.2) is 4.98 Å². The fourth-order valence-electron chi connectivity index (χ4n) is 2.17. The Morgan fingerprint density at radius 3 is 2.35 bits per heavy atom. The molecule has 1 heterocycles. The van der Waals surface area contributed by atoms with Crippen molar-refractivity contribution in [3.63, 3.8) is 0 Å². The molecule has 0 aliphatic heterocycles. The summed E-state index contributed by atoms with van der Waals surface area (Å²) in [6, 6.07) is 3.72. The number of allylic oxidation sites excluding steroid dienone is 3. The maximum Gasteiger partial charge on any atom is 0.203 e.